The molecule has 0 bridgehead atoms. The van der Waals surface area contributed by atoms with Gasteiger partial charge in [0.05, 0.1) is 0 Å². The molecule has 0 spiro atoms. The van der Waals surface area contributed by atoms with Crippen molar-refractivity contribution in [1.82, 2.24) is 8.01 Å². The van der Waals surface area contributed by atoms with Crippen LogP contribution in [0.4, 0.5) is 0 Å². The fraction of sp³-hybridized carbons (Fsp3) is 0.474. The molecule has 0 N–H and O–H groups in total. The summed E-state index contributed by atoms with van der Waals surface area (Å²) in [5.74, 6) is 0. The van der Waals surface area contributed by atoms with Gasteiger partial charge in [-0.05, 0) is 0 Å². The van der Waals surface area contributed by atoms with Crippen LogP contribution in [-0.4, -0.2) is 38.6 Å². The molecule has 0 aliphatic carbocycles. The number of hydrogen-bond donors (Lipinski definition) is 0. The van der Waals surface area contributed by atoms with Crippen molar-refractivity contribution in [3.63, 3.8) is 0 Å². The topological polar surface area (TPSA) is 6.48 Å². The van der Waals surface area contributed by atoms with Crippen LogP contribution in [-0.2, 0) is 6.54 Å². The Balaban J connectivity index is 1.60. The number of fused-ring (bicyclic) bond motifs is 1. The van der Waals surface area contributed by atoms with Gasteiger partial charge in [-0.15, -0.1) is 0 Å². The SMILES string of the molecule is CC[I-]N1CCC(N(C)Cc2ccc3ccccc3c2)CC1. The van der Waals surface area contributed by atoms with Crippen molar-refractivity contribution in [2.75, 3.05) is 24.6 Å². The van der Waals surface area contributed by atoms with E-state index < -0.39 is 0 Å². The standard InChI is InChI=1S/C19H26IN2/c1-3-20-22-12-10-19(11-13-22)21(2)15-16-8-9-17-6-4-5-7-18(17)14-16/h4-9,14,19H,3,10-13,15H2,1-2H3/q-1. The fourth-order valence-electron chi connectivity index (χ4n) is 3.32. The van der Waals surface area contributed by atoms with Crippen LogP contribution in [0.3, 0.4) is 0 Å². The average Bonchev–Trinajstić information content (AvgIpc) is 2.56. The van der Waals surface area contributed by atoms with E-state index in [0.717, 1.165) is 12.6 Å². The minimum atomic E-state index is 0.313. The number of alkyl halides is 1. The van der Waals surface area contributed by atoms with E-state index in [0.29, 0.717) is 21.5 Å². The van der Waals surface area contributed by atoms with E-state index >= 15 is 0 Å². The van der Waals surface area contributed by atoms with Crippen molar-refractivity contribution in [3.8, 4) is 0 Å². The summed E-state index contributed by atoms with van der Waals surface area (Å²) in [6.07, 6.45) is 2.67. The quantitative estimate of drug-likeness (QED) is 0.409. The van der Waals surface area contributed by atoms with Crippen LogP contribution in [0.15, 0.2) is 42.5 Å². The first-order valence-electron chi connectivity index (χ1n) is 8.28. The molecule has 1 heterocycles. The predicted octanol–water partition coefficient (Wildman–Crippen LogP) is 0.760. The van der Waals surface area contributed by atoms with E-state index in [-0.39, 0.29) is 0 Å². The molecule has 0 amide bonds. The summed E-state index contributed by atoms with van der Waals surface area (Å²) >= 11 is 0.313. The number of piperidine rings is 1. The van der Waals surface area contributed by atoms with Crippen LogP contribution >= 0.6 is 0 Å². The molecule has 3 heteroatoms. The molecular formula is C19H26IN2-. The fourth-order valence-corrected chi connectivity index (χ4v) is 5.52. The van der Waals surface area contributed by atoms with Crippen molar-refractivity contribution in [1.29, 1.82) is 0 Å². The first-order chi connectivity index (χ1) is 10.8. The average molecular weight is 409 g/mol. The second-order valence-corrected chi connectivity index (χ2v) is 9.70. The summed E-state index contributed by atoms with van der Waals surface area (Å²) in [5.41, 5.74) is 1.43. The Morgan fingerprint density at radius 2 is 1.82 bits per heavy atom. The van der Waals surface area contributed by atoms with Crippen LogP contribution in [0.25, 0.3) is 10.8 Å². The van der Waals surface area contributed by atoms with Crippen molar-refractivity contribution >= 4 is 10.8 Å². The van der Waals surface area contributed by atoms with Gasteiger partial charge in [0.1, 0.15) is 0 Å². The van der Waals surface area contributed by atoms with Crippen LogP contribution in [0.1, 0.15) is 25.3 Å². The Morgan fingerprint density at radius 3 is 2.55 bits per heavy atom. The summed E-state index contributed by atoms with van der Waals surface area (Å²) in [6, 6.07) is 16.3. The van der Waals surface area contributed by atoms with Gasteiger partial charge in [0.2, 0.25) is 0 Å². The van der Waals surface area contributed by atoms with E-state index in [2.05, 4.69) is 64.4 Å². The molecule has 1 saturated heterocycles. The van der Waals surface area contributed by atoms with Gasteiger partial charge < -0.3 is 0 Å². The molecule has 0 atom stereocenters. The molecule has 0 radical (unpaired) electrons. The van der Waals surface area contributed by atoms with Crippen molar-refractivity contribution in [3.05, 3.63) is 48.0 Å². The van der Waals surface area contributed by atoms with Crippen LogP contribution in [0, 0.1) is 0 Å². The molecular weight excluding hydrogens is 383 g/mol. The molecule has 2 aromatic rings. The van der Waals surface area contributed by atoms with E-state index in [4.69, 9.17) is 0 Å². The maximum atomic E-state index is 2.72. The third-order valence-corrected chi connectivity index (χ3v) is 7.18. The molecule has 3 rings (SSSR count). The second kappa shape index (κ2) is 7.75. The van der Waals surface area contributed by atoms with Gasteiger partial charge in [-0.3, -0.25) is 0 Å². The van der Waals surface area contributed by atoms with Crippen LogP contribution < -0.4 is 21.5 Å². The van der Waals surface area contributed by atoms with Crippen molar-refractivity contribution < 1.29 is 21.5 Å². The van der Waals surface area contributed by atoms with Crippen molar-refractivity contribution in [2.24, 2.45) is 0 Å². The molecule has 0 unspecified atom stereocenters. The molecule has 0 saturated carbocycles. The van der Waals surface area contributed by atoms with Gasteiger partial charge >= 0.3 is 145 Å². The Bertz CT molecular complexity index is 605. The molecule has 2 aromatic carbocycles. The monoisotopic (exact) mass is 409 g/mol. The Kier molecular flexibility index (Phi) is 5.71. The first kappa shape index (κ1) is 16.2. The number of rotatable bonds is 5. The zero-order valence-corrected chi connectivity index (χ0v) is 15.8. The third kappa shape index (κ3) is 4.00. The van der Waals surface area contributed by atoms with E-state index in [9.17, 15) is 0 Å². The number of hydrogen-bond acceptors (Lipinski definition) is 2. The zero-order valence-electron chi connectivity index (χ0n) is 13.6. The van der Waals surface area contributed by atoms with Gasteiger partial charge in [0, 0.05) is 0 Å². The number of halogens is 1. The molecule has 2 nitrogen and oxygen atoms in total. The van der Waals surface area contributed by atoms with Gasteiger partial charge in [-0.1, -0.05) is 0 Å². The molecule has 0 aromatic heterocycles. The first-order valence-corrected chi connectivity index (χ1v) is 10.8. The second-order valence-electron chi connectivity index (χ2n) is 6.12. The Hall–Kier alpha value is -0.650. The van der Waals surface area contributed by atoms with Gasteiger partial charge in [0.15, 0.2) is 0 Å². The molecule has 1 aliphatic rings. The predicted molar refractivity (Wildman–Crippen MR) is 90.6 cm³/mol. The van der Waals surface area contributed by atoms with E-state index in [1.807, 2.05) is 0 Å². The normalized spacial score (nSPS) is 17.6. The summed E-state index contributed by atoms with van der Waals surface area (Å²) in [7, 11) is 2.30. The molecule has 1 fully saturated rings. The molecule has 1 aliphatic heterocycles. The summed E-state index contributed by atoms with van der Waals surface area (Å²) in [4.78, 5) is 2.56. The minimum absolute atomic E-state index is 0.313. The zero-order chi connectivity index (χ0) is 15.4. The van der Waals surface area contributed by atoms with Crippen molar-refractivity contribution in [2.45, 2.75) is 32.4 Å². The van der Waals surface area contributed by atoms with Gasteiger partial charge in [-0.25, -0.2) is 0 Å². The van der Waals surface area contributed by atoms with Crippen LogP contribution in [0.2, 0.25) is 0 Å². The summed E-state index contributed by atoms with van der Waals surface area (Å²) < 4.78 is 4.11. The summed E-state index contributed by atoms with van der Waals surface area (Å²) in [5, 5.41) is 2.70. The van der Waals surface area contributed by atoms with Crippen LogP contribution in [0.5, 0.6) is 0 Å². The van der Waals surface area contributed by atoms with Gasteiger partial charge in [0.25, 0.3) is 0 Å². The van der Waals surface area contributed by atoms with Gasteiger partial charge in [-0.2, -0.15) is 0 Å². The number of benzene rings is 2. The maximum absolute atomic E-state index is 2.72. The van der Waals surface area contributed by atoms with E-state index in [1.54, 1.807) is 0 Å². The number of nitrogens with zero attached hydrogens (tertiary/aromatic N) is 2. The molecule has 22 heavy (non-hydrogen) atoms. The third-order valence-electron chi connectivity index (χ3n) is 4.57. The van der Waals surface area contributed by atoms with E-state index in [1.165, 1.54) is 46.7 Å². The molecule has 120 valence electrons. The Labute approximate surface area is 145 Å². The summed E-state index contributed by atoms with van der Waals surface area (Å²) in [6.45, 7) is 6.02. The Morgan fingerprint density at radius 1 is 1.09 bits per heavy atom.